The third-order valence-corrected chi connectivity index (χ3v) is 3.78. The number of hydrogen-bond donors (Lipinski definition) is 1. The molecule has 1 heterocycles. The first kappa shape index (κ1) is 16.3. The van der Waals surface area contributed by atoms with Crippen LogP contribution in [0.15, 0.2) is 30.3 Å². The van der Waals surface area contributed by atoms with Crippen LogP contribution in [0.5, 0.6) is 5.75 Å². The number of ether oxygens (including phenoxy) is 1. The lowest BCUT2D eigenvalue weighted by molar-refractivity contribution is 0.0691. The molecule has 118 valence electrons. The summed E-state index contributed by atoms with van der Waals surface area (Å²) in [6, 6.07) is 8.99. The highest BCUT2D eigenvalue weighted by Gasteiger charge is 2.13. The average Bonchev–Trinajstić information content (AvgIpc) is 2.53. The lowest BCUT2D eigenvalue weighted by Gasteiger charge is -2.18. The minimum absolute atomic E-state index is 0.0441. The van der Waals surface area contributed by atoms with E-state index in [2.05, 4.69) is 18.8 Å². The molecule has 4 heteroatoms. The molecule has 22 heavy (non-hydrogen) atoms. The minimum atomic E-state index is -1.02. The third kappa shape index (κ3) is 3.97. The predicted molar refractivity (Wildman–Crippen MR) is 87.6 cm³/mol. The van der Waals surface area contributed by atoms with Crippen LogP contribution >= 0.6 is 0 Å². The molecule has 4 nitrogen and oxygen atoms in total. The lowest BCUT2D eigenvalue weighted by atomic mass is 10.1. The summed E-state index contributed by atoms with van der Waals surface area (Å²) in [5.41, 5.74) is 0.666. The molecule has 2 aromatic rings. The van der Waals surface area contributed by atoms with Crippen LogP contribution in [-0.2, 0) is 0 Å². The Morgan fingerprint density at radius 3 is 2.73 bits per heavy atom. The Hall–Kier alpha value is -2.10. The molecule has 0 fully saturated rings. The number of hydrogen-bond acceptors (Lipinski definition) is 3. The molecule has 2 rings (SSSR count). The molecule has 0 aliphatic carbocycles. The first-order chi connectivity index (χ1) is 10.7. The van der Waals surface area contributed by atoms with Crippen molar-refractivity contribution in [2.24, 2.45) is 0 Å². The quantitative estimate of drug-likeness (QED) is 0.720. The van der Waals surface area contributed by atoms with Crippen molar-refractivity contribution in [1.82, 2.24) is 4.98 Å². The van der Waals surface area contributed by atoms with E-state index < -0.39 is 5.97 Å². The van der Waals surface area contributed by atoms with Gasteiger partial charge in [-0.25, -0.2) is 9.78 Å². The highest BCUT2D eigenvalue weighted by Crippen LogP contribution is 2.26. The maximum Gasteiger partial charge on any atom is 0.354 e. The van der Waals surface area contributed by atoms with E-state index in [1.807, 2.05) is 18.2 Å². The zero-order valence-corrected chi connectivity index (χ0v) is 13.2. The van der Waals surface area contributed by atoms with Gasteiger partial charge in [-0.15, -0.1) is 0 Å². The summed E-state index contributed by atoms with van der Waals surface area (Å²) in [7, 11) is 0. The van der Waals surface area contributed by atoms with Crippen LogP contribution in [0.3, 0.4) is 0 Å². The van der Waals surface area contributed by atoms with Gasteiger partial charge in [0.1, 0.15) is 17.0 Å². The van der Waals surface area contributed by atoms with Gasteiger partial charge in [0.25, 0.3) is 0 Å². The van der Waals surface area contributed by atoms with E-state index in [-0.39, 0.29) is 11.8 Å². The minimum Gasteiger partial charge on any atom is -0.488 e. The molecule has 0 bridgehead atoms. The number of unbranched alkanes of at least 4 members (excludes halogenated alkanes) is 2. The topological polar surface area (TPSA) is 59.4 Å². The Bertz CT molecular complexity index is 639. The first-order valence-electron chi connectivity index (χ1n) is 7.95. The van der Waals surface area contributed by atoms with Crippen molar-refractivity contribution in [3.8, 4) is 5.75 Å². The number of aromatic nitrogens is 1. The molecule has 0 radical (unpaired) electrons. The summed E-state index contributed by atoms with van der Waals surface area (Å²) in [6.07, 6.45) is 5.63. The van der Waals surface area contributed by atoms with Crippen LogP contribution in [-0.4, -0.2) is 22.2 Å². The van der Waals surface area contributed by atoms with Gasteiger partial charge in [0.2, 0.25) is 0 Å². The fourth-order valence-corrected chi connectivity index (χ4v) is 2.48. The van der Waals surface area contributed by atoms with Gasteiger partial charge in [-0.05, 0) is 31.4 Å². The van der Waals surface area contributed by atoms with E-state index in [0.717, 1.165) is 24.6 Å². The second-order valence-electron chi connectivity index (χ2n) is 5.47. The van der Waals surface area contributed by atoms with E-state index in [1.54, 1.807) is 6.07 Å². The van der Waals surface area contributed by atoms with Crippen molar-refractivity contribution in [3.63, 3.8) is 0 Å². The van der Waals surface area contributed by atoms with Crippen molar-refractivity contribution in [1.29, 1.82) is 0 Å². The second-order valence-corrected chi connectivity index (χ2v) is 5.47. The Labute approximate surface area is 131 Å². The van der Waals surface area contributed by atoms with Crippen molar-refractivity contribution < 1.29 is 14.6 Å². The normalized spacial score (nSPS) is 12.3. The second kappa shape index (κ2) is 7.78. The van der Waals surface area contributed by atoms with Crippen molar-refractivity contribution in [2.45, 2.75) is 52.1 Å². The highest BCUT2D eigenvalue weighted by molar-refractivity contribution is 5.91. The first-order valence-corrected chi connectivity index (χ1v) is 7.95. The van der Waals surface area contributed by atoms with Gasteiger partial charge >= 0.3 is 5.97 Å². The lowest BCUT2D eigenvalue weighted by Crippen LogP contribution is -2.15. The zero-order valence-electron chi connectivity index (χ0n) is 13.2. The van der Waals surface area contributed by atoms with Crippen LogP contribution in [0, 0.1) is 0 Å². The van der Waals surface area contributed by atoms with E-state index >= 15 is 0 Å². The SMILES string of the molecule is CCCCCC(CC)Oc1cccc2ccc(C(=O)O)nc12. The van der Waals surface area contributed by atoms with Crippen LogP contribution in [0.1, 0.15) is 56.4 Å². The van der Waals surface area contributed by atoms with Gasteiger partial charge < -0.3 is 9.84 Å². The number of carbonyl (C=O) groups is 1. The third-order valence-electron chi connectivity index (χ3n) is 3.78. The summed E-state index contributed by atoms with van der Waals surface area (Å²) < 4.78 is 6.10. The molecular formula is C18H23NO3. The monoisotopic (exact) mass is 301 g/mol. The van der Waals surface area contributed by atoms with E-state index in [9.17, 15) is 4.79 Å². The van der Waals surface area contributed by atoms with Gasteiger partial charge in [-0.3, -0.25) is 0 Å². The molecule has 1 unspecified atom stereocenters. The van der Waals surface area contributed by atoms with Crippen LogP contribution in [0.2, 0.25) is 0 Å². The summed E-state index contributed by atoms with van der Waals surface area (Å²) in [4.78, 5) is 15.3. The maximum atomic E-state index is 11.1. The Kier molecular flexibility index (Phi) is 5.75. The van der Waals surface area contributed by atoms with Crippen molar-refractivity contribution in [3.05, 3.63) is 36.0 Å². The Morgan fingerprint density at radius 2 is 2.05 bits per heavy atom. The molecule has 1 aromatic heterocycles. The molecule has 0 saturated carbocycles. The number of benzene rings is 1. The molecule has 0 spiro atoms. The molecule has 0 saturated heterocycles. The molecular weight excluding hydrogens is 278 g/mol. The van der Waals surface area contributed by atoms with Gasteiger partial charge in [-0.1, -0.05) is 44.9 Å². The summed E-state index contributed by atoms with van der Waals surface area (Å²) in [5.74, 6) is -0.351. The largest absolute Gasteiger partial charge is 0.488 e. The number of rotatable bonds is 8. The molecule has 0 amide bonds. The highest BCUT2D eigenvalue weighted by atomic mass is 16.5. The van der Waals surface area contributed by atoms with E-state index in [0.29, 0.717) is 11.3 Å². The van der Waals surface area contributed by atoms with Gasteiger partial charge in [0, 0.05) is 5.39 Å². The number of pyridine rings is 1. The number of carboxylic acid groups (broad SMARTS) is 1. The van der Waals surface area contributed by atoms with Crippen molar-refractivity contribution >= 4 is 16.9 Å². The standard InChI is InChI=1S/C18H23NO3/c1-3-5-6-9-14(4-2)22-16-10-7-8-13-11-12-15(18(20)21)19-17(13)16/h7-8,10-12,14H,3-6,9H2,1-2H3,(H,20,21). The zero-order chi connectivity index (χ0) is 15.9. The summed E-state index contributed by atoms with van der Waals surface area (Å²) >= 11 is 0. The molecule has 1 atom stereocenters. The van der Waals surface area contributed by atoms with E-state index in [4.69, 9.17) is 9.84 Å². The number of aromatic carboxylic acids is 1. The Morgan fingerprint density at radius 1 is 1.23 bits per heavy atom. The van der Waals surface area contributed by atoms with Crippen LogP contribution in [0.4, 0.5) is 0 Å². The van der Waals surface area contributed by atoms with Crippen LogP contribution in [0.25, 0.3) is 10.9 Å². The van der Waals surface area contributed by atoms with Gasteiger partial charge in [0.15, 0.2) is 0 Å². The van der Waals surface area contributed by atoms with Crippen molar-refractivity contribution in [2.75, 3.05) is 0 Å². The molecule has 1 aromatic carbocycles. The number of nitrogens with zero attached hydrogens (tertiary/aromatic N) is 1. The predicted octanol–water partition coefficient (Wildman–Crippen LogP) is 4.67. The van der Waals surface area contributed by atoms with Gasteiger partial charge in [-0.2, -0.15) is 0 Å². The fraction of sp³-hybridized carbons (Fsp3) is 0.444. The Balaban J connectivity index is 2.25. The average molecular weight is 301 g/mol. The molecule has 0 aliphatic rings. The number of carboxylic acids is 1. The fourth-order valence-electron chi connectivity index (χ4n) is 2.48. The smallest absolute Gasteiger partial charge is 0.354 e. The van der Waals surface area contributed by atoms with E-state index in [1.165, 1.54) is 18.9 Å². The maximum absolute atomic E-state index is 11.1. The van der Waals surface area contributed by atoms with Crippen LogP contribution < -0.4 is 4.74 Å². The van der Waals surface area contributed by atoms with Gasteiger partial charge in [0.05, 0.1) is 6.10 Å². The summed E-state index contributed by atoms with van der Waals surface area (Å²) in [6.45, 7) is 4.29. The molecule has 1 N–H and O–H groups in total. The molecule has 0 aliphatic heterocycles. The number of para-hydroxylation sites is 1. The number of fused-ring (bicyclic) bond motifs is 1. The summed E-state index contributed by atoms with van der Waals surface area (Å²) in [5, 5.41) is 10.00.